The SMILES string of the molecule is CC(C)(C)OS(=O)(=O)C(C)(C)C. The Morgan fingerprint density at radius 2 is 1.25 bits per heavy atom. The van der Waals surface area contributed by atoms with Crippen molar-refractivity contribution in [2.45, 2.75) is 51.9 Å². The van der Waals surface area contributed by atoms with Gasteiger partial charge in [-0.25, -0.2) is 0 Å². The van der Waals surface area contributed by atoms with E-state index in [0.29, 0.717) is 0 Å². The molecule has 0 aliphatic carbocycles. The standard InChI is InChI=1S/C8H18O3S/c1-7(2,3)11-12(9,10)8(4,5)6/h1-6H3. The highest BCUT2D eigenvalue weighted by Crippen LogP contribution is 2.22. The molecule has 0 rings (SSSR count). The fourth-order valence-electron chi connectivity index (χ4n) is 0.454. The van der Waals surface area contributed by atoms with Gasteiger partial charge in [-0.3, -0.25) is 4.18 Å². The molecule has 0 aliphatic rings. The zero-order valence-electron chi connectivity index (χ0n) is 8.63. The maximum absolute atomic E-state index is 11.4. The van der Waals surface area contributed by atoms with Gasteiger partial charge in [-0.2, -0.15) is 8.42 Å². The molecule has 0 atom stereocenters. The molecular weight excluding hydrogens is 176 g/mol. The van der Waals surface area contributed by atoms with Crippen LogP contribution in [0.3, 0.4) is 0 Å². The van der Waals surface area contributed by atoms with Crippen LogP contribution in [0.15, 0.2) is 0 Å². The van der Waals surface area contributed by atoms with Crippen LogP contribution < -0.4 is 0 Å². The Hall–Kier alpha value is -0.0900. The first kappa shape index (κ1) is 11.9. The summed E-state index contributed by atoms with van der Waals surface area (Å²) in [4.78, 5) is 0. The van der Waals surface area contributed by atoms with E-state index in [1.165, 1.54) is 0 Å². The van der Waals surface area contributed by atoms with Gasteiger partial charge in [0.2, 0.25) is 0 Å². The van der Waals surface area contributed by atoms with E-state index in [1.54, 1.807) is 41.5 Å². The number of hydrogen-bond acceptors (Lipinski definition) is 3. The molecule has 0 saturated carbocycles. The van der Waals surface area contributed by atoms with Gasteiger partial charge < -0.3 is 0 Å². The van der Waals surface area contributed by atoms with Crippen LogP contribution in [0.5, 0.6) is 0 Å². The third kappa shape index (κ3) is 3.54. The molecule has 0 heterocycles. The van der Waals surface area contributed by atoms with Crippen molar-refractivity contribution in [1.29, 1.82) is 0 Å². The zero-order chi connectivity index (χ0) is 10.2. The van der Waals surface area contributed by atoms with Gasteiger partial charge >= 0.3 is 0 Å². The second kappa shape index (κ2) is 3.00. The third-order valence-electron chi connectivity index (χ3n) is 1.11. The van der Waals surface area contributed by atoms with Gasteiger partial charge in [-0.05, 0) is 41.5 Å². The van der Waals surface area contributed by atoms with E-state index in [-0.39, 0.29) is 0 Å². The van der Waals surface area contributed by atoms with Crippen molar-refractivity contribution in [3.8, 4) is 0 Å². The lowest BCUT2D eigenvalue weighted by Crippen LogP contribution is -2.35. The van der Waals surface area contributed by atoms with Crippen LogP contribution in [-0.2, 0) is 14.3 Å². The van der Waals surface area contributed by atoms with E-state index in [2.05, 4.69) is 0 Å². The van der Waals surface area contributed by atoms with Crippen molar-refractivity contribution < 1.29 is 12.6 Å². The Kier molecular flexibility index (Phi) is 2.97. The average Bonchev–Trinajstić information content (AvgIpc) is 1.52. The van der Waals surface area contributed by atoms with Gasteiger partial charge in [0, 0.05) is 0 Å². The first-order chi connectivity index (χ1) is 4.96. The molecule has 4 heteroatoms. The monoisotopic (exact) mass is 194 g/mol. The topological polar surface area (TPSA) is 43.4 Å². The summed E-state index contributed by atoms with van der Waals surface area (Å²) in [6.07, 6.45) is 0. The minimum absolute atomic E-state index is 0.647. The van der Waals surface area contributed by atoms with Crippen molar-refractivity contribution >= 4 is 10.1 Å². The molecular formula is C8H18O3S. The fourth-order valence-corrected chi connectivity index (χ4v) is 1.36. The highest BCUT2D eigenvalue weighted by molar-refractivity contribution is 7.88. The lowest BCUT2D eigenvalue weighted by molar-refractivity contribution is 0.134. The van der Waals surface area contributed by atoms with Gasteiger partial charge in [0.05, 0.1) is 10.3 Å². The van der Waals surface area contributed by atoms with Gasteiger partial charge in [0.25, 0.3) is 10.1 Å². The Bertz CT molecular complexity index is 238. The van der Waals surface area contributed by atoms with Gasteiger partial charge in [0.15, 0.2) is 0 Å². The summed E-state index contributed by atoms with van der Waals surface area (Å²) in [5.41, 5.74) is -0.647. The van der Waals surface area contributed by atoms with Gasteiger partial charge in [-0.1, -0.05) is 0 Å². The highest BCUT2D eigenvalue weighted by Gasteiger charge is 2.34. The lowest BCUT2D eigenvalue weighted by Gasteiger charge is -2.25. The van der Waals surface area contributed by atoms with Gasteiger partial charge in [-0.15, -0.1) is 0 Å². The minimum Gasteiger partial charge on any atom is -0.264 e. The van der Waals surface area contributed by atoms with E-state index in [9.17, 15) is 8.42 Å². The Morgan fingerprint density at radius 1 is 0.917 bits per heavy atom. The normalized spacial score (nSPS) is 14.8. The Balaban J connectivity index is 4.70. The van der Waals surface area contributed by atoms with E-state index in [4.69, 9.17) is 4.18 Å². The molecule has 0 spiro atoms. The summed E-state index contributed by atoms with van der Waals surface area (Å²) in [6.45, 7) is 10.0. The summed E-state index contributed by atoms with van der Waals surface area (Å²) in [7, 11) is -3.46. The zero-order valence-corrected chi connectivity index (χ0v) is 9.45. The van der Waals surface area contributed by atoms with Gasteiger partial charge in [0.1, 0.15) is 0 Å². The fraction of sp³-hybridized carbons (Fsp3) is 1.00. The molecule has 0 saturated heterocycles. The molecule has 0 radical (unpaired) electrons. The van der Waals surface area contributed by atoms with Crippen LogP contribution in [0, 0.1) is 0 Å². The second-order valence-electron chi connectivity index (χ2n) is 4.76. The van der Waals surface area contributed by atoms with E-state index in [1.807, 2.05) is 0 Å². The van der Waals surface area contributed by atoms with Crippen molar-refractivity contribution in [2.75, 3.05) is 0 Å². The quantitative estimate of drug-likeness (QED) is 0.599. The van der Waals surface area contributed by atoms with E-state index < -0.39 is 20.5 Å². The van der Waals surface area contributed by atoms with E-state index in [0.717, 1.165) is 0 Å². The van der Waals surface area contributed by atoms with Crippen LogP contribution in [0.2, 0.25) is 0 Å². The van der Waals surface area contributed by atoms with Crippen LogP contribution in [0.4, 0.5) is 0 Å². The highest BCUT2D eigenvalue weighted by atomic mass is 32.2. The lowest BCUT2D eigenvalue weighted by atomic mass is 10.2. The maximum atomic E-state index is 11.4. The van der Waals surface area contributed by atoms with Crippen molar-refractivity contribution in [3.63, 3.8) is 0 Å². The third-order valence-corrected chi connectivity index (χ3v) is 3.33. The molecule has 0 aromatic heterocycles. The molecule has 0 amide bonds. The van der Waals surface area contributed by atoms with Crippen LogP contribution in [-0.4, -0.2) is 18.8 Å². The van der Waals surface area contributed by atoms with E-state index >= 15 is 0 Å². The minimum atomic E-state index is -3.46. The predicted octanol–water partition coefficient (Wildman–Crippen LogP) is 1.93. The van der Waals surface area contributed by atoms with Crippen molar-refractivity contribution in [3.05, 3.63) is 0 Å². The first-order valence-corrected chi connectivity index (χ1v) is 5.32. The summed E-state index contributed by atoms with van der Waals surface area (Å²) in [5, 5.41) is 0. The predicted molar refractivity (Wildman–Crippen MR) is 49.5 cm³/mol. The Labute approximate surface area is 75.2 Å². The molecule has 74 valence electrons. The smallest absolute Gasteiger partial charge is 0.264 e. The second-order valence-corrected chi connectivity index (χ2v) is 7.06. The molecule has 0 fully saturated rings. The molecule has 3 nitrogen and oxygen atoms in total. The molecule has 12 heavy (non-hydrogen) atoms. The summed E-state index contributed by atoms with van der Waals surface area (Å²) >= 11 is 0. The van der Waals surface area contributed by atoms with Crippen molar-refractivity contribution in [1.82, 2.24) is 0 Å². The Morgan fingerprint density at radius 3 is 1.33 bits per heavy atom. The average molecular weight is 194 g/mol. The largest absolute Gasteiger partial charge is 0.272 e. The van der Waals surface area contributed by atoms with Crippen LogP contribution in [0.1, 0.15) is 41.5 Å². The molecule has 0 aromatic rings. The molecule has 0 unspecified atom stereocenters. The summed E-state index contributed by atoms with van der Waals surface area (Å²) < 4.78 is 27.0. The van der Waals surface area contributed by atoms with Crippen LogP contribution >= 0.6 is 0 Å². The molecule has 0 aliphatic heterocycles. The van der Waals surface area contributed by atoms with Crippen LogP contribution in [0.25, 0.3) is 0 Å². The number of hydrogen-bond donors (Lipinski definition) is 0. The first-order valence-electron chi connectivity index (χ1n) is 3.91. The van der Waals surface area contributed by atoms with Crippen molar-refractivity contribution in [2.24, 2.45) is 0 Å². The summed E-state index contributed by atoms with van der Waals surface area (Å²) in [5.74, 6) is 0. The number of rotatable bonds is 1. The molecule has 0 aromatic carbocycles. The molecule has 0 bridgehead atoms. The molecule has 0 N–H and O–H groups in total. The summed E-state index contributed by atoms with van der Waals surface area (Å²) in [6, 6.07) is 0. The maximum Gasteiger partial charge on any atom is 0.272 e.